The van der Waals surface area contributed by atoms with Crippen LogP contribution in [0, 0.1) is 10.1 Å². The Bertz CT molecular complexity index is 874. The van der Waals surface area contributed by atoms with Gasteiger partial charge in [0.1, 0.15) is 0 Å². The molecule has 0 amide bonds. The number of rotatable bonds is 6. The number of thiazole rings is 1. The summed E-state index contributed by atoms with van der Waals surface area (Å²) in [6.07, 6.45) is 1.51. The number of anilines is 1. The van der Waals surface area contributed by atoms with Crippen molar-refractivity contribution in [3.63, 3.8) is 0 Å². The molecule has 3 rings (SSSR count). The summed E-state index contributed by atoms with van der Waals surface area (Å²) >= 11 is 1.49. The molecule has 0 radical (unpaired) electrons. The molecule has 0 spiro atoms. The van der Waals surface area contributed by atoms with Crippen LogP contribution >= 0.6 is 11.3 Å². The molecule has 0 unspecified atom stereocenters. The highest BCUT2D eigenvalue weighted by Crippen LogP contribution is 2.28. The highest BCUT2D eigenvalue weighted by atomic mass is 32.1. The highest BCUT2D eigenvalue weighted by Gasteiger charge is 2.15. The van der Waals surface area contributed by atoms with Crippen molar-refractivity contribution < 1.29 is 9.66 Å². The zero-order valence-electron chi connectivity index (χ0n) is 12.8. The van der Waals surface area contributed by atoms with Gasteiger partial charge < -0.3 is 4.74 Å². The fraction of sp³-hybridized carbons (Fsp3) is 0.125. The molecular formula is C16H14N4O3S. The fourth-order valence-corrected chi connectivity index (χ4v) is 2.93. The molecule has 1 heterocycles. The van der Waals surface area contributed by atoms with E-state index < -0.39 is 4.92 Å². The molecule has 0 atom stereocenters. The van der Waals surface area contributed by atoms with Crippen LogP contribution in [0.15, 0.2) is 47.6 Å². The van der Waals surface area contributed by atoms with Crippen molar-refractivity contribution in [1.82, 2.24) is 4.98 Å². The maximum Gasteiger partial charge on any atom is 0.311 e. The molecule has 1 aromatic heterocycles. The van der Waals surface area contributed by atoms with Crippen LogP contribution in [0.1, 0.15) is 12.5 Å². The van der Waals surface area contributed by atoms with Gasteiger partial charge in [-0.2, -0.15) is 5.10 Å². The van der Waals surface area contributed by atoms with E-state index in [1.807, 2.05) is 24.3 Å². The zero-order chi connectivity index (χ0) is 16.9. The molecule has 0 aliphatic rings. The first kappa shape index (κ1) is 15.9. The fourth-order valence-electron chi connectivity index (χ4n) is 2.12. The first-order valence-electron chi connectivity index (χ1n) is 7.23. The van der Waals surface area contributed by atoms with Gasteiger partial charge in [0, 0.05) is 11.6 Å². The summed E-state index contributed by atoms with van der Waals surface area (Å²) in [4.78, 5) is 15.0. The van der Waals surface area contributed by atoms with Crippen molar-refractivity contribution in [3.05, 3.63) is 58.1 Å². The van der Waals surface area contributed by atoms with E-state index in [0.29, 0.717) is 17.3 Å². The lowest BCUT2D eigenvalue weighted by molar-refractivity contribution is -0.385. The van der Waals surface area contributed by atoms with Crippen LogP contribution in [-0.4, -0.2) is 22.7 Å². The molecular weight excluding hydrogens is 328 g/mol. The summed E-state index contributed by atoms with van der Waals surface area (Å²) < 4.78 is 6.31. The molecule has 8 heteroatoms. The van der Waals surface area contributed by atoms with Gasteiger partial charge in [0.05, 0.1) is 28.0 Å². The van der Waals surface area contributed by atoms with Gasteiger partial charge in [0.15, 0.2) is 5.75 Å². The Morgan fingerprint density at radius 3 is 2.96 bits per heavy atom. The van der Waals surface area contributed by atoms with E-state index in [9.17, 15) is 10.1 Å². The van der Waals surface area contributed by atoms with Crippen LogP contribution in [0.25, 0.3) is 10.2 Å². The van der Waals surface area contributed by atoms with E-state index in [-0.39, 0.29) is 11.4 Å². The molecule has 0 fully saturated rings. The van der Waals surface area contributed by atoms with E-state index in [0.717, 1.165) is 10.2 Å². The Labute approximate surface area is 141 Å². The maximum atomic E-state index is 11.1. The third-order valence-corrected chi connectivity index (χ3v) is 4.09. The number of hydrogen-bond acceptors (Lipinski definition) is 7. The second-order valence-corrected chi connectivity index (χ2v) is 5.80. The molecule has 1 N–H and O–H groups in total. The van der Waals surface area contributed by atoms with Gasteiger partial charge in [-0.25, -0.2) is 4.98 Å². The number of benzene rings is 2. The molecule has 7 nitrogen and oxygen atoms in total. The summed E-state index contributed by atoms with van der Waals surface area (Å²) in [7, 11) is 0. The highest BCUT2D eigenvalue weighted by molar-refractivity contribution is 7.22. The largest absolute Gasteiger partial charge is 0.487 e. The van der Waals surface area contributed by atoms with E-state index in [2.05, 4.69) is 15.5 Å². The average Bonchev–Trinajstić information content (AvgIpc) is 2.99. The Balaban J connectivity index is 1.76. The van der Waals surface area contributed by atoms with Crippen molar-refractivity contribution in [2.45, 2.75) is 6.92 Å². The third kappa shape index (κ3) is 3.49. The smallest absolute Gasteiger partial charge is 0.311 e. The van der Waals surface area contributed by atoms with Crippen molar-refractivity contribution >= 4 is 38.6 Å². The molecule has 0 saturated carbocycles. The van der Waals surface area contributed by atoms with Crippen LogP contribution in [0.3, 0.4) is 0 Å². The Morgan fingerprint density at radius 1 is 1.38 bits per heavy atom. The SMILES string of the molecule is CCOc1ccc(/C=N\Nc2nc3ccccc3s2)cc1[N+](=O)[O-]. The number of nitro groups is 1. The topological polar surface area (TPSA) is 89.7 Å². The molecule has 3 aromatic rings. The minimum absolute atomic E-state index is 0.0826. The van der Waals surface area contributed by atoms with E-state index in [1.165, 1.54) is 23.6 Å². The quantitative estimate of drug-likeness (QED) is 0.415. The normalized spacial score (nSPS) is 11.0. The number of ether oxygens (including phenoxy) is 1. The number of nitrogens with zero attached hydrogens (tertiary/aromatic N) is 3. The van der Waals surface area contributed by atoms with E-state index in [4.69, 9.17) is 4.74 Å². The number of hydrazone groups is 1. The molecule has 122 valence electrons. The predicted octanol–water partition coefficient (Wildman–Crippen LogP) is 4.05. The Morgan fingerprint density at radius 2 is 2.21 bits per heavy atom. The number of para-hydroxylation sites is 1. The van der Waals surface area contributed by atoms with Crippen LogP contribution in [0.2, 0.25) is 0 Å². The molecule has 0 aliphatic heterocycles. The number of hydrogen-bond donors (Lipinski definition) is 1. The molecule has 0 bridgehead atoms. The minimum Gasteiger partial charge on any atom is -0.487 e. The maximum absolute atomic E-state index is 11.1. The molecule has 2 aromatic carbocycles. The van der Waals surface area contributed by atoms with Gasteiger partial charge in [-0.15, -0.1) is 0 Å². The third-order valence-electron chi connectivity index (χ3n) is 3.15. The molecule has 24 heavy (non-hydrogen) atoms. The molecule has 0 saturated heterocycles. The number of nitro benzene ring substituents is 1. The number of aromatic nitrogens is 1. The van der Waals surface area contributed by atoms with Gasteiger partial charge in [-0.3, -0.25) is 15.5 Å². The van der Waals surface area contributed by atoms with Crippen LogP contribution < -0.4 is 10.2 Å². The summed E-state index contributed by atoms with van der Waals surface area (Å²) in [6, 6.07) is 12.5. The summed E-state index contributed by atoms with van der Waals surface area (Å²) in [5.41, 5.74) is 4.26. The second-order valence-electron chi connectivity index (χ2n) is 4.77. The lowest BCUT2D eigenvalue weighted by atomic mass is 10.2. The first-order chi connectivity index (χ1) is 11.7. The number of fused-ring (bicyclic) bond motifs is 1. The van der Waals surface area contributed by atoms with Crippen molar-refractivity contribution in [3.8, 4) is 5.75 Å². The van der Waals surface area contributed by atoms with Crippen LogP contribution in [0.4, 0.5) is 10.8 Å². The predicted molar refractivity (Wildman–Crippen MR) is 95.1 cm³/mol. The average molecular weight is 342 g/mol. The van der Waals surface area contributed by atoms with Crippen LogP contribution in [0.5, 0.6) is 5.75 Å². The monoisotopic (exact) mass is 342 g/mol. The van der Waals surface area contributed by atoms with Crippen molar-refractivity contribution in [1.29, 1.82) is 0 Å². The first-order valence-corrected chi connectivity index (χ1v) is 8.05. The van der Waals surface area contributed by atoms with Crippen molar-refractivity contribution in [2.75, 3.05) is 12.0 Å². The van der Waals surface area contributed by atoms with E-state index >= 15 is 0 Å². The Hall–Kier alpha value is -3.00. The minimum atomic E-state index is -0.469. The van der Waals surface area contributed by atoms with E-state index in [1.54, 1.807) is 19.1 Å². The van der Waals surface area contributed by atoms with Gasteiger partial charge in [-0.05, 0) is 31.2 Å². The van der Waals surface area contributed by atoms with Crippen LogP contribution in [-0.2, 0) is 0 Å². The zero-order valence-corrected chi connectivity index (χ0v) is 13.6. The number of nitrogens with one attached hydrogen (secondary N) is 1. The summed E-state index contributed by atoms with van der Waals surface area (Å²) in [5.74, 6) is 0.249. The van der Waals surface area contributed by atoms with Gasteiger partial charge in [0.2, 0.25) is 5.13 Å². The van der Waals surface area contributed by atoms with Crippen molar-refractivity contribution in [2.24, 2.45) is 5.10 Å². The standard InChI is InChI=1S/C16H14N4O3S/c1-2-23-14-8-7-11(9-13(14)20(21)22)10-17-19-16-18-12-5-3-4-6-15(12)24-16/h3-10H,2H2,1H3,(H,18,19)/b17-10-. The van der Waals surface area contributed by atoms with Gasteiger partial charge in [0.25, 0.3) is 0 Å². The summed E-state index contributed by atoms with van der Waals surface area (Å²) in [6.45, 7) is 2.15. The second kappa shape index (κ2) is 7.05. The van der Waals surface area contributed by atoms with Gasteiger partial charge in [-0.1, -0.05) is 23.5 Å². The summed E-state index contributed by atoms with van der Waals surface area (Å²) in [5, 5.41) is 15.9. The lowest BCUT2D eigenvalue weighted by Gasteiger charge is -2.04. The molecule has 0 aliphatic carbocycles. The lowest BCUT2D eigenvalue weighted by Crippen LogP contribution is -1.98. The van der Waals surface area contributed by atoms with Gasteiger partial charge >= 0.3 is 5.69 Å². The Kier molecular flexibility index (Phi) is 4.66.